The minimum absolute atomic E-state index is 0.0382. The monoisotopic (exact) mass is 231 g/mol. The Kier molecular flexibility index (Phi) is 2.91. The van der Waals surface area contributed by atoms with Crippen molar-refractivity contribution in [2.24, 2.45) is 0 Å². The zero-order valence-electron chi connectivity index (χ0n) is 8.87. The predicted molar refractivity (Wildman–Crippen MR) is 63.1 cm³/mol. The van der Waals surface area contributed by atoms with E-state index in [2.05, 4.69) is 5.43 Å². The molecule has 0 atom stereocenters. The lowest BCUT2D eigenvalue weighted by molar-refractivity contribution is -0.428. The van der Waals surface area contributed by atoms with Crippen LogP contribution in [0.15, 0.2) is 48.5 Å². The molecule has 5 nitrogen and oxygen atoms in total. The minimum Gasteiger partial charge on any atom is -0.506 e. The second kappa shape index (κ2) is 4.52. The van der Waals surface area contributed by atoms with Crippen LogP contribution in [0.2, 0.25) is 0 Å². The van der Waals surface area contributed by atoms with E-state index in [1.165, 1.54) is 18.2 Å². The van der Waals surface area contributed by atoms with E-state index in [1.807, 2.05) is 0 Å². The van der Waals surface area contributed by atoms with E-state index in [-0.39, 0.29) is 22.9 Å². The molecule has 2 aromatic carbocycles. The lowest BCUT2D eigenvalue weighted by Gasteiger charge is -2.00. The third-order valence-electron chi connectivity index (χ3n) is 2.23. The summed E-state index contributed by atoms with van der Waals surface area (Å²) in [4.78, 5) is 12.1. The number of benzene rings is 2. The number of rotatable bonds is 3. The summed E-state index contributed by atoms with van der Waals surface area (Å²) in [5.74, 6) is -0.172. The van der Waals surface area contributed by atoms with Gasteiger partial charge in [-0.1, -0.05) is 24.3 Å². The predicted octanol–water partition coefficient (Wildman–Crippen LogP) is 2.54. The highest BCUT2D eigenvalue weighted by molar-refractivity contribution is 5.54. The van der Waals surface area contributed by atoms with Gasteiger partial charge in [-0.2, -0.15) is 0 Å². The van der Waals surface area contributed by atoms with Crippen LogP contribution < -0.4 is 5.43 Å². The second-order valence-electron chi connectivity index (χ2n) is 3.41. The molecule has 0 heterocycles. The highest BCUT2D eigenvalue weighted by Gasteiger charge is 2.19. The molecule has 2 rings (SSSR count). The molecule has 0 aliphatic rings. The van der Waals surface area contributed by atoms with Crippen LogP contribution in [0, 0.1) is 4.91 Å². The van der Waals surface area contributed by atoms with Gasteiger partial charge in [0.25, 0.3) is 0 Å². The Hall–Kier alpha value is -2.56. The molecule has 86 valence electrons. The van der Waals surface area contributed by atoms with Crippen molar-refractivity contribution in [1.29, 1.82) is 0 Å². The molecule has 2 aromatic rings. The number of nitrogens with one attached hydrogen (secondary N) is 1. The van der Waals surface area contributed by atoms with Gasteiger partial charge >= 0.3 is 5.69 Å². The van der Waals surface area contributed by atoms with Crippen LogP contribution in [0.4, 0.5) is 11.4 Å². The van der Waals surface area contributed by atoms with Crippen LogP contribution in [0.5, 0.6) is 11.5 Å². The Bertz CT molecular complexity index is 555. The van der Waals surface area contributed by atoms with Crippen molar-refractivity contribution in [3.05, 3.63) is 53.4 Å². The molecule has 0 bridgehead atoms. The molecule has 0 aliphatic carbocycles. The number of hydrazine groups is 1. The summed E-state index contributed by atoms with van der Waals surface area (Å²) in [6, 6.07) is 12.5. The number of nitrogens with zero attached hydrogens (tertiary/aromatic N) is 1. The summed E-state index contributed by atoms with van der Waals surface area (Å²) >= 11 is 0. The van der Waals surface area contributed by atoms with Gasteiger partial charge in [0, 0.05) is 6.07 Å². The average Bonchev–Trinajstić information content (AvgIpc) is 2.32. The summed E-state index contributed by atoms with van der Waals surface area (Å²) in [6.45, 7) is 0. The van der Waals surface area contributed by atoms with E-state index in [0.717, 1.165) is 0 Å². The third-order valence-corrected chi connectivity index (χ3v) is 2.23. The summed E-state index contributed by atoms with van der Waals surface area (Å²) in [7, 11) is 0. The molecule has 0 saturated heterocycles. The molecular formula is C12H11N2O3+. The molecule has 0 amide bonds. The van der Waals surface area contributed by atoms with Crippen LogP contribution in [-0.4, -0.2) is 15.1 Å². The summed E-state index contributed by atoms with van der Waals surface area (Å²) in [6.07, 6.45) is 0. The number of phenolic OH excluding ortho intramolecular Hbond substituents is 2. The number of nitroso groups, excluding NO2 is 1. The first-order valence-corrected chi connectivity index (χ1v) is 4.98. The topological polar surface area (TPSA) is 72.6 Å². The molecule has 3 N–H and O–H groups in total. The zero-order chi connectivity index (χ0) is 12.3. The van der Waals surface area contributed by atoms with Crippen LogP contribution in [0.1, 0.15) is 0 Å². The van der Waals surface area contributed by atoms with E-state index < -0.39 is 0 Å². The Morgan fingerprint density at radius 2 is 1.47 bits per heavy atom. The van der Waals surface area contributed by atoms with E-state index in [1.54, 1.807) is 30.3 Å². The summed E-state index contributed by atoms with van der Waals surface area (Å²) in [5, 5.41) is 19.0. The van der Waals surface area contributed by atoms with Crippen molar-refractivity contribution < 1.29 is 15.1 Å². The third kappa shape index (κ3) is 2.34. The summed E-state index contributed by atoms with van der Waals surface area (Å²) in [5.41, 5.74) is 2.78. The highest BCUT2D eigenvalue weighted by atomic mass is 16.3. The molecule has 0 aliphatic heterocycles. The molecule has 5 heteroatoms. The molecule has 0 spiro atoms. The van der Waals surface area contributed by atoms with Gasteiger partial charge in [0.05, 0.1) is 4.91 Å². The standard InChI is InChI=1S/C12H10N2O3/c15-11-7-3-1-5-9(11)13-14(17)10-6-2-4-8-12(10)16/h1-8H,(H2-,13,15,16,17)/p+1. The van der Waals surface area contributed by atoms with E-state index in [4.69, 9.17) is 0 Å². The number of para-hydroxylation sites is 4. The first-order valence-electron chi connectivity index (χ1n) is 4.98. The van der Waals surface area contributed by atoms with Gasteiger partial charge in [-0.05, 0) is 18.2 Å². The second-order valence-corrected chi connectivity index (χ2v) is 3.41. The van der Waals surface area contributed by atoms with Crippen molar-refractivity contribution in [2.75, 3.05) is 5.43 Å². The highest BCUT2D eigenvalue weighted by Crippen LogP contribution is 2.27. The Morgan fingerprint density at radius 1 is 0.882 bits per heavy atom. The smallest absolute Gasteiger partial charge is 0.333 e. The molecule has 17 heavy (non-hydrogen) atoms. The van der Waals surface area contributed by atoms with Gasteiger partial charge in [-0.15, -0.1) is 5.43 Å². The number of phenols is 2. The fourth-order valence-electron chi connectivity index (χ4n) is 1.37. The van der Waals surface area contributed by atoms with Crippen LogP contribution in [-0.2, 0) is 0 Å². The van der Waals surface area contributed by atoms with Gasteiger partial charge < -0.3 is 10.2 Å². The van der Waals surface area contributed by atoms with Crippen molar-refractivity contribution in [3.8, 4) is 11.5 Å². The largest absolute Gasteiger partial charge is 0.506 e. The normalized spacial score (nSPS) is 9.88. The minimum atomic E-state index is -0.134. The van der Waals surface area contributed by atoms with Crippen molar-refractivity contribution >= 4 is 11.4 Å². The maximum absolute atomic E-state index is 11.7. The van der Waals surface area contributed by atoms with Crippen molar-refractivity contribution in [2.45, 2.75) is 0 Å². The number of hydrogen-bond donors (Lipinski definition) is 3. The number of hydrogen-bond acceptors (Lipinski definition) is 3. The van der Waals surface area contributed by atoms with E-state index in [9.17, 15) is 15.1 Å². The zero-order valence-corrected chi connectivity index (χ0v) is 8.87. The molecular weight excluding hydrogens is 220 g/mol. The quantitative estimate of drug-likeness (QED) is 0.431. The first-order chi connectivity index (χ1) is 8.18. The van der Waals surface area contributed by atoms with Crippen LogP contribution in [0.3, 0.4) is 0 Å². The molecule has 0 aromatic heterocycles. The Labute approximate surface area is 97.5 Å². The van der Waals surface area contributed by atoms with Gasteiger partial charge in [0.2, 0.25) is 0 Å². The van der Waals surface area contributed by atoms with Crippen LogP contribution in [0.25, 0.3) is 0 Å². The van der Waals surface area contributed by atoms with Crippen molar-refractivity contribution in [3.63, 3.8) is 0 Å². The maximum Gasteiger partial charge on any atom is 0.333 e. The average molecular weight is 231 g/mol. The molecule has 0 saturated carbocycles. The van der Waals surface area contributed by atoms with E-state index in [0.29, 0.717) is 4.87 Å². The fraction of sp³-hybridized carbons (Fsp3) is 0. The lowest BCUT2D eigenvalue weighted by Crippen LogP contribution is -2.10. The Morgan fingerprint density at radius 3 is 2.12 bits per heavy atom. The maximum atomic E-state index is 11.7. The van der Waals surface area contributed by atoms with Gasteiger partial charge in [0.15, 0.2) is 10.6 Å². The molecule has 0 unspecified atom stereocenters. The first kappa shape index (κ1) is 10.9. The molecule has 0 radical (unpaired) electrons. The van der Waals surface area contributed by atoms with E-state index >= 15 is 0 Å². The van der Waals surface area contributed by atoms with Crippen molar-refractivity contribution in [1.82, 2.24) is 0 Å². The van der Waals surface area contributed by atoms with Gasteiger partial charge in [0.1, 0.15) is 11.4 Å². The number of anilines is 1. The lowest BCUT2D eigenvalue weighted by atomic mass is 10.3. The fourth-order valence-corrected chi connectivity index (χ4v) is 1.37. The van der Waals surface area contributed by atoms with Crippen LogP contribution >= 0.6 is 0 Å². The SMILES string of the molecule is O=[N+](Nc1ccccc1O)c1ccccc1O. The van der Waals surface area contributed by atoms with Gasteiger partial charge in [-0.25, -0.2) is 0 Å². The molecule has 0 fully saturated rings. The Balaban J connectivity index is 2.24. The number of aromatic hydroxyl groups is 2. The van der Waals surface area contributed by atoms with Gasteiger partial charge in [-0.3, -0.25) is 0 Å². The summed E-state index contributed by atoms with van der Waals surface area (Å²) < 4.78 is 0.